The number of nitrogens with zero attached hydrogens (tertiary/aromatic N) is 2. The molecule has 2 heterocycles. The Bertz CT molecular complexity index is 2410. The lowest BCUT2D eigenvalue weighted by Gasteiger charge is -2.44. The summed E-state index contributed by atoms with van der Waals surface area (Å²) in [5, 5.41) is 0. The molecule has 0 unspecified atom stereocenters. The van der Waals surface area contributed by atoms with Crippen molar-refractivity contribution in [1.82, 2.24) is 4.98 Å². The van der Waals surface area contributed by atoms with Crippen LogP contribution in [0.5, 0.6) is 11.8 Å². The van der Waals surface area contributed by atoms with E-state index in [1.165, 1.54) is 5.56 Å². The summed E-state index contributed by atoms with van der Waals surface area (Å²) in [6, 6.07) is 10.2. The number of aromatic nitrogens is 2. The second-order valence-corrected chi connectivity index (χ2v) is 12.6. The molecule has 1 aliphatic rings. The molecule has 5 aromatic carbocycles. The van der Waals surface area contributed by atoms with Crippen LogP contribution in [0.4, 0.5) is 87.8 Å². The van der Waals surface area contributed by atoms with E-state index in [1.807, 2.05) is 29.0 Å². The van der Waals surface area contributed by atoms with Gasteiger partial charge in [0.05, 0.1) is 6.20 Å². The first kappa shape index (κ1) is 45.0. The number of rotatable bonds is 6. The van der Waals surface area contributed by atoms with E-state index in [1.54, 1.807) is 6.20 Å². The maximum atomic E-state index is 15.4. The van der Waals surface area contributed by atoms with E-state index in [9.17, 15) is 52.7 Å². The Balaban J connectivity index is 0.000000311. The largest absolute Gasteiger partial charge is 0.467 e. The van der Waals surface area contributed by atoms with Crippen LogP contribution in [0.25, 0.3) is 0 Å². The van der Waals surface area contributed by atoms with E-state index in [4.69, 9.17) is 9.47 Å². The van der Waals surface area contributed by atoms with Crippen LogP contribution >= 0.6 is 0 Å². The number of hydrogen-bond donors (Lipinski definition) is 0. The third kappa shape index (κ3) is 6.85. The van der Waals surface area contributed by atoms with Gasteiger partial charge >= 0.3 is 11.8 Å². The second-order valence-electron chi connectivity index (χ2n) is 12.6. The topological polar surface area (TPSA) is 35.2 Å². The fraction of sp³-hybridized carbons (Fsp3) is 0.0811. The standard InChI is InChI=1S/C24BF20.C13H13N2O2/c26-5-1(6(27)14(35)21(42)13(5)34)25(2-7(28)15(36)22(43)16(37)8(2)29,3-9(30)17(38)23(44)18(39)10(3)31)4-11(32)19(40)24(45)20(41)12(4)33;1-2-4-11(5-3-1)10-15-7-6-14-12-13(15)17-9-8-16-12/h;1-7H,8-10H2/q-1;+1. The van der Waals surface area contributed by atoms with Gasteiger partial charge in [0.15, 0.2) is 82.5 Å². The maximum absolute atomic E-state index is 15.4. The zero-order valence-corrected chi connectivity index (χ0v) is 29.5. The predicted octanol–water partition coefficient (Wildman–Crippen LogP) is 7.03. The fourth-order valence-electron chi connectivity index (χ4n) is 6.73. The van der Waals surface area contributed by atoms with Crippen molar-refractivity contribution >= 4 is 28.0 Å². The fourth-order valence-corrected chi connectivity index (χ4v) is 6.73. The lowest BCUT2D eigenvalue weighted by atomic mass is 9.12. The number of hydrogen-bond acceptors (Lipinski definition) is 3. The quantitative estimate of drug-likeness (QED) is 0.0593. The van der Waals surface area contributed by atoms with Crippen molar-refractivity contribution in [2.24, 2.45) is 0 Å². The van der Waals surface area contributed by atoms with Crippen LogP contribution in [0.2, 0.25) is 0 Å². The van der Waals surface area contributed by atoms with Crippen molar-refractivity contribution in [1.29, 1.82) is 0 Å². The molecule has 326 valence electrons. The van der Waals surface area contributed by atoms with E-state index in [0.29, 0.717) is 25.0 Å². The summed E-state index contributed by atoms with van der Waals surface area (Å²) in [5.41, 5.74) is -13.1. The molecule has 62 heavy (non-hydrogen) atoms. The molecule has 0 atom stereocenters. The lowest BCUT2D eigenvalue weighted by Crippen LogP contribution is -2.81. The molecule has 0 radical (unpaired) electrons. The van der Waals surface area contributed by atoms with Gasteiger partial charge in [-0.15, -0.1) is 21.9 Å². The molecule has 0 amide bonds. The molecule has 0 saturated heterocycles. The Kier molecular flexibility index (Phi) is 12.1. The van der Waals surface area contributed by atoms with Gasteiger partial charge in [-0.25, -0.2) is 92.8 Å². The SMILES string of the molecule is Fc1c(F)c(F)c([B-](c2c(F)c(F)c(F)c(F)c2F)(c2c(F)c(F)c(F)c(F)c2F)c2c(F)c(F)c(F)c(F)c2F)c(F)c1F.c1ccc(C[n+]2ccnc3c2OCCO3)cc1. The van der Waals surface area contributed by atoms with Crippen LogP contribution in [-0.4, -0.2) is 24.3 Å². The zero-order valence-electron chi connectivity index (χ0n) is 29.5. The number of benzene rings is 5. The van der Waals surface area contributed by atoms with Gasteiger partial charge in [0, 0.05) is 5.56 Å². The summed E-state index contributed by atoms with van der Waals surface area (Å²) in [4.78, 5) is 4.15. The number of fused-ring (bicyclic) bond motifs is 1. The van der Waals surface area contributed by atoms with Gasteiger partial charge in [0.25, 0.3) is 0 Å². The molecule has 0 N–H and O–H groups in total. The van der Waals surface area contributed by atoms with E-state index in [2.05, 4.69) is 17.1 Å². The summed E-state index contributed by atoms with van der Waals surface area (Å²) < 4.78 is 307. The molecule has 0 saturated carbocycles. The molecule has 1 aliphatic heterocycles. The van der Waals surface area contributed by atoms with Crippen LogP contribution in [0.1, 0.15) is 5.56 Å². The van der Waals surface area contributed by atoms with Gasteiger partial charge in [0.1, 0.15) is 65.9 Å². The Hall–Kier alpha value is -6.56. The van der Waals surface area contributed by atoms with Crippen LogP contribution in [0.3, 0.4) is 0 Å². The summed E-state index contributed by atoms with van der Waals surface area (Å²) in [7, 11) is 0. The van der Waals surface area contributed by atoms with Crippen LogP contribution in [0, 0.1) is 116 Å². The molecule has 0 spiro atoms. The molecule has 7 rings (SSSR count). The first-order valence-corrected chi connectivity index (χ1v) is 16.5. The second kappa shape index (κ2) is 16.7. The number of halogens is 20. The first-order chi connectivity index (χ1) is 29.1. The Morgan fingerprint density at radius 3 is 1.02 bits per heavy atom. The summed E-state index contributed by atoms with van der Waals surface area (Å²) in [6.45, 7) is 1.90. The zero-order chi connectivity index (χ0) is 45.9. The monoisotopic (exact) mass is 908 g/mol. The first-order valence-electron chi connectivity index (χ1n) is 16.5. The average molecular weight is 908 g/mol. The highest BCUT2D eigenvalue weighted by molar-refractivity contribution is 7.20. The van der Waals surface area contributed by atoms with Crippen molar-refractivity contribution in [3.8, 4) is 11.8 Å². The van der Waals surface area contributed by atoms with Crippen molar-refractivity contribution in [2.45, 2.75) is 6.54 Å². The normalized spacial score (nSPS) is 12.4. The van der Waals surface area contributed by atoms with Gasteiger partial charge in [0.2, 0.25) is 0 Å². The van der Waals surface area contributed by atoms with Crippen LogP contribution in [0.15, 0.2) is 42.7 Å². The van der Waals surface area contributed by atoms with Gasteiger partial charge in [-0.1, -0.05) is 30.3 Å². The maximum Gasteiger partial charge on any atom is 0.432 e. The van der Waals surface area contributed by atoms with Gasteiger partial charge < -0.3 is 9.47 Å². The molecular formula is C37H13BF20N2O2. The molecule has 4 nitrogen and oxygen atoms in total. The Morgan fingerprint density at radius 2 is 0.694 bits per heavy atom. The lowest BCUT2D eigenvalue weighted by molar-refractivity contribution is -0.695. The van der Waals surface area contributed by atoms with Gasteiger partial charge in [-0.2, -0.15) is 4.57 Å². The van der Waals surface area contributed by atoms with E-state index in [0.717, 1.165) is 6.54 Å². The van der Waals surface area contributed by atoms with Crippen LogP contribution < -0.4 is 35.9 Å². The highest BCUT2D eigenvalue weighted by Crippen LogP contribution is 2.31. The van der Waals surface area contributed by atoms with Gasteiger partial charge in [-0.05, 0) is 0 Å². The van der Waals surface area contributed by atoms with Crippen molar-refractivity contribution in [3.05, 3.63) is 165 Å². The molecule has 0 aliphatic carbocycles. The van der Waals surface area contributed by atoms with Crippen molar-refractivity contribution < 1.29 is 102 Å². The molecular weight excluding hydrogens is 895 g/mol. The van der Waals surface area contributed by atoms with E-state index in [-0.39, 0.29) is 0 Å². The predicted molar refractivity (Wildman–Crippen MR) is 170 cm³/mol. The molecule has 0 bridgehead atoms. The summed E-state index contributed by atoms with van der Waals surface area (Å²) in [5.74, 6) is -70.1. The molecule has 6 aromatic rings. The van der Waals surface area contributed by atoms with Gasteiger partial charge in [-0.3, -0.25) is 0 Å². The van der Waals surface area contributed by atoms with Crippen molar-refractivity contribution in [2.75, 3.05) is 13.2 Å². The number of ether oxygens (including phenoxy) is 2. The highest BCUT2D eigenvalue weighted by Gasteiger charge is 2.52. The minimum atomic E-state index is -7.22. The van der Waals surface area contributed by atoms with Crippen LogP contribution in [-0.2, 0) is 6.54 Å². The third-order valence-corrected chi connectivity index (χ3v) is 9.35. The minimum absolute atomic E-state index is 0.565. The third-order valence-electron chi connectivity index (χ3n) is 9.35. The minimum Gasteiger partial charge on any atom is -0.467 e. The summed E-state index contributed by atoms with van der Waals surface area (Å²) in [6.07, 6.45) is -3.58. The molecule has 25 heteroatoms. The molecule has 0 fully saturated rings. The van der Waals surface area contributed by atoms with Crippen molar-refractivity contribution in [3.63, 3.8) is 0 Å². The molecule has 1 aromatic heterocycles. The highest BCUT2D eigenvalue weighted by atomic mass is 19.2. The van der Waals surface area contributed by atoms with E-state index < -0.39 is 144 Å². The smallest absolute Gasteiger partial charge is 0.432 e. The Morgan fingerprint density at radius 1 is 0.403 bits per heavy atom. The Labute approximate surface area is 331 Å². The average Bonchev–Trinajstić information content (AvgIpc) is 3.27. The van der Waals surface area contributed by atoms with E-state index >= 15 is 35.1 Å². The summed E-state index contributed by atoms with van der Waals surface area (Å²) >= 11 is 0.